The zero-order valence-electron chi connectivity index (χ0n) is 16.8. The number of aliphatic carboxylic acids is 2. The van der Waals surface area contributed by atoms with Gasteiger partial charge in [0, 0.05) is 35.7 Å². The van der Waals surface area contributed by atoms with Gasteiger partial charge in [-0.05, 0) is 50.6 Å². The summed E-state index contributed by atoms with van der Waals surface area (Å²) in [6.45, 7) is 7.05. The summed E-state index contributed by atoms with van der Waals surface area (Å²) in [7, 11) is 0. The van der Waals surface area contributed by atoms with Crippen molar-refractivity contribution in [1.29, 1.82) is 0 Å². The smallest absolute Gasteiger partial charge is 0.335 e. The molecule has 11 heteroatoms. The molecule has 2 rings (SSSR count). The summed E-state index contributed by atoms with van der Waals surface area (Å²) in [5.74, 6) is -3.54. The van der Waals surface area contributed by atoms with E-state index in [1.807, 2.05) is 26.0 Å². The summed E-state index contributed by atoms with van der Waals surface area (Å²) in [6.07, 6.45) is -3.43. The molecule has 30 heavy (non-hydrogen) atoms. The molecule has 0 radical (unpaired) electrons. The van der Waals surface area contributed by atoms with Gasteiger partial charge in [-0.1, -0.05) is 23.2 Å². The fourth-order valence-electron chi connectivity index (χ4n) is 2.97. The van der Waals surface area contributed by atoms with Gasteiger partial charge in [-0.2, -0.15) is 0 Å². The van der Waals surface area contributed by atoms with E-state index >= 15 is 0 Å². The van der Waals surface area contributed by atoms with Crippen molar-refractivity contribution in [2.75, 3.05) is 19.6 Å². The number of nitrogens with one attached hydrogen (secondary N) is 1. The minimum Gasteiger partial charge on any atom is -0.479 e. The highest BCUT2D eigenvalue weighted by Crippen LogP contribution is 2.23. The SMILES string of the molecule is CC(C)(O)CN(Cc1cc(Cl)cc(Cl)c1)[C@H]1CCNC1.O=C(O)C(O)C(O)C(=O)O. The van der Waals surface area contributed by atoms with Crippen LogP contribution in [-0.2, 0) is 16.1 Å². The molecule has 1 aromatic rings. The average molecular weight is 467 g/mol. The van der Waals surface area contributed by atoms with Crippen molar-refractivity contribution < 1.29 is 35.1 Å². The van der Waals surface area contributed by atoms with Crippen LogP contribution in [0.5, 0.6) is 0 Å². The zero-order valence-corrected chi connectivity index (χ0v) is 18.3. The molecule has 0 spiro atoms. The number of carboxylic acids is 2. The Morgan fingerprint density at radius 3 is 2.00 bits per heavy atom. The summed E-state index contributed by atoms with van der Waals surface area (Å²) in [6, 6.07) is 6.06. The van der Waals surface area contributed by atoms with Gasteiger partial charge in [-0.25, -0.2) is 9.59 Å². The molecule has 0 saturated carbocycles. The zero-order chi connectivity index (χ0) is 23.1. The monoisotopic (exact) mass is 466 g/mol. The first kappa shape index (κ1) is 26.6. The lowest BCUT2D eigenvalue weighted by Gasteiger charge is -2.33. The van der Waals surface area contributed by atoms with Crippen molar-refractivity contribution in [1.82, 2.24) is 10.2 Å². The topological polar surface area (TPSA) is 151 Å². The molecule has 0 bridgehead atoms. The molecule has 170 valence electrons. The molecular weight excluding hydrogens is 439 g/mol. The molecule has 1 saturated heterocycles. The van der Waals surface area contributed by atoms with Gasteiger partial charge in [0.15, 0.2) is 12.2 Å². The molecule has 2 unspecified atom stereocenters. The Morgan fingerprint density at radius 1 is 1.13 bits per heavy atom. The first-order valence-electron chi connectivity index (χ1n) is 9.24. The number of benzene rings is 1. The molecular formula is C19H28Cl2N2O7. The van der Waals surface area contributed by atoms with Gasteiger partial charge in [-0.3, -0.25) is 4.90 Å². The number of halogens is 2. The molecule has 1 aliphatic heterocycles. The van der Waals surface area contributed by atoms with E-state index in [1.165, 1.54) is 0 Å². The second-order valence-electron chi connectivity index (χ2n) is 7.71. The van der Waals surface area contributed by atoms with Crippen molar-refractivity contribution in [3.05, 3.63) is 33.8 Å². The summed E-state index contributed by atoms with van der Waals surface area (Å²) < 4.78 is 0. The van der Waals surface area contributed by atoms with E-state index in [2.05, 4.69) is 10.2 Å². The van der Waals surface area contributed by atoms with E-state index in [-0.39, 0.29) is 0 Å². The summed E-state index contributed by atoms with van der Waals surface area (Å²) >= 11 is 12.1. The number of carboxylic acid groups (broad SMARTS) is 2. The molecule has 1 aliphatic rings. The van der Waals surface area contributed by atoms with E-state index in [0.29, 0.717) is 22.6 Å². The minimum atomic E-state index is -2.27. The van der Waals surface area contributed by atoms with Gasteiger partial charge in [0.25, 0.3) is 0 Å². The van der Waals surface area contributed by atoms with E-state index in [0.717, 1.165) is 31.6 Å². The first-order valence-corrected chi connectivity index (χ1v) is 9.99. The molecule has 1 fully saturated rings. The largest absolute Gasteiger partial charge is 0.479 e. The fraction of sp³-hybridized carbons (Fsp3) is 0.579. The van der Waals surface area contributed by atoms with Crippen molar-refractivity contribution in [2.24, 2.45) is 0 Å². The van der Waals surface area contributed by atoms with Crippen molar-refractivity contribution in [3.63, 3.8) is 0 Å². The Morgan fingerprint density at radius 2 is 1.63 bits per heavy atom. The highest BCUT2D eigenvalue weighted by atomic mass is 35.5. The van der Waals surface area contributed by atoms with Crippen LogP contribution in [0.15, 0.2) is 18.2 Å². The first-order chi connectivity index (χ1) is 13.8. The van der Waals surface area contributed by atoms with E-state index in [4.69, 9.17) is 43.6 Å². The van der Waals surface area contributed by atoms with Gasteiger partial charge in [0.1, 0.15) is 0 Å². The lowest BCUT2D eigenvalue weighted by atomic mass is 10.1. The lowest BCUT2D eigenvalue weighted by Crippen LogP contribution is -2.44. The molecule has 1 heterocycles. The quantitative estimate of drug-likeness (QED) is 0.326. The van der Waals surface area contributed by atoms with E-state index < -0.39 is 29.7 Å². The highest BCUT2D eigenvalue weighted by molar-refractivity contribution is 6.34. The van der Waals surface area contributed by atoms with Crippen LogP contribution in [0.3, 0.4) is 0 Å². The maximum Gasteiger partial charge on any atom is 0.335 e. The normalized spacial score (nSPS) is 18.5. The second kappa shape index (κ2) is 11.8. The van der Waals surface area contributed by atoms with Gasteiger partial charge in [0.2, 0.25) is 0 Å². The number of hydrogen-bond donors (Lipinski definition) is 6. The average Bonchev–Trinajstić information content (AvgIpc) is 3.12. The van der Waals surface area contributed by atoms with E-state index in [1.54, 1.807) is 6.07 Å². The highest BCUT2D eigenvalue weighted by Gasteiger charge is 2.29. The van der Waals surface area contributed by atoms with Gasteiger partial charge < -0.3 is 30.8 Å². The number of nitrogens with zero attached hydrogens (tertiary/aromatic N) is 1. The summed E-state index contributed by atoms with van der Waals surface area (Å²) in [5.41, 5.74) is 0.365. The number of rotatable bonds is 8. The second-order valence-corrected chi connectivity index (χ2v) is 8.58. The summed E-state index contributed by atoms with van der Waals surface area (Å²) in [5, 5.41) is 47.3. The Balaban J connectivity index is 0.000000382. The number of aliphatic hydroxyl groups is 3. The third kappa shape index (κ3) is 9.57. The van der Waals surface area contributed by atoms with Crippen LogP contribution in [0, 0.1) is 0 Å². The Labute approximate surface area is 184 Å². The van der Waals surface area contributed by atoms with Crippen LogP contribution in [-0.4, -0.2) is 85.9 Å². The minimum absolute atomic E-state index is 0.444. The number of hydrogen-bond acceptors (Lipinski definition) is 7. The standard InChI is InChI=1S/C15H22Cl2N2O.C4H6O6/c1-15(2,20)10-19(14-3-4-18-8-14)9-11-5-12(16)7-13(17)6-11;5-1(3(7)8)2(6)4(9)10/h5-7,14,18,20H,3-4,8-10H2,1-2H3;1-2,5-6H,(H,7,8)(H,9,10)/t14-;/m0./s1. The maximum atomic E-state index is 10.1. The third-order valence-electron chi connectivity index (χ3n) is 4.25. The van der Waals surface area contributed by atoms with Gasteiger partial charge in [-0.15, -0.1) is 0 Å². The van der Waals surface area contributed by atoms with Crippen LogP contribution in [0.25, 0.3) is 0 Å². The summed E-state index contributed by atoms with van der Waals surface area (Å²) in [4.78, 5) is 21.9. The van der Waals surface area contributed by atoms with Crippen molar-refractivity contribution >= 4 is 35.1 Å². The van der Waals surface area contributed by atoms with E-state index in [9.17, 15) is 14.7 Å². The van der Waals surface area contributed by atoms with Gasteiger partial charge >= 0.3 is 11.9 Å². The number of carbonyl (C=O) groups is 2. The van der Waals surface area contributed by atoms with Crippen LogP contribution in [0.2, 0.25) is 10.0 Å². The maximum absolute atomic E-state index is 10.1. The Bertz CT molecular complexity index is 683. The molecule has 6 N–H and O–H groups in total. The Hall–Kier alpha value is -1.46. The van der Waals surface area contributed by atoms with Crippen LogP contribution >= 0.6 is 23.2 Å². The number of aliphatic hydroxyl groups excluding tert-OH is 2. The molecule has 0 amide bonds. The fourth-order valence-corrected chi connectivity index (χ4v) is 3.54. The molecule has 3 atom stereocenters. The molecule has 0 aromatic heterocycles. The predicted molar refractivity (Wildman–Crippen MR) is 112 cm³/mol. The Kier molecular flexibility index (Phi) is 10.5. The lowest BCUT2D eigenvalue weighted by molar-refractivity contribution is -0.165. The van der Waals surface area contributed by atoms with Crippen molar-refractivity contribution in [2.45, 2.75) is 50.7 Å². The molecule has 1 aromatic carbocycles. The van der Waals surface area contributed by atoms with Crippen LogP contribution < -0.4 is 5.32 Å². The van der Waals surface area contributed by atoms with Crippen LogP contribution in [0.1, 0.15) is 25.8 Å². The van der Waals surface area contributed by atoms with Gasteiger partial charge in [0.05, 0.1) is 5.60 Å². The van der Waals surface area contributed by atoms with Crippen molar-refractivity contribution in [3.8, 4) is 0 Å². The molecule has 9 nitrogen and oxygen atoms in total. The van der Waals surface area contributed by atoms with Crippen LogP contribution in [0.4, 0.5) is 0 Å². The molecule has 0 aliphatic carbocycles. The third-order valence-corrected chi connectivity index (χ3v) is 4.69. The predicted octanol–water partition coefficient (Wildman–Crippen LogP) is 0.806.